The van der Waals surface area contributed by atoms with E-state index in [-0.39, 0.29) is 9.79 Å². The first-order valence-electron chi connectivity index (χ1n) is 7.26. The molecule has 0 N–H and O–H groups in total. The van der Waals surface area contributed by atoms with E-state index in [4.69, 9.17) is 0 Å². The summed E-state index contributed by atoms with van der Waals surface area (Å²) in [5.41, 5.74) is 0. The van der Waals surface area contributed by atoms with Gasteiger partial charge in [-0.15, -0.1) is 0 Å². The molecule has 2 atom stereocenters. The third-order valence-electron chi connectivity index (χ3n) is 2.90. The predicted molar refractivity (Wildman–Crippen MR) is 87.8 cm³/mol. The molecule has 12 heteroatoms. The second-order valence-corrected chi connectivity index (χ2v) is 7.22. The maximum absolute atomic E-state index is 13.1. The molecule has 0 aliphatic rings. The Morgan fingerprint density at radius 2 is 0.929 bits per heavy atom. The van der Waals surface area contributed by atoms with Gasteiger partial charge in [-0.3, -0.25) is 0 Å². The molecule has 0 bridgehead atoms. The minimum Gasteiger partial charge on any atom is -0.451 e. The average molecular weight is 450 g/mol. The number of rotatable bonds is 7. The fourth-order valence-corrected chi connectivity index (χ4v) is 3.89. The number of para-hydroxylation sites is 2. The largest absolute Gasteiger partial charge is 0.457 e. The molecule has 28 heavy (non-hydrogen) atoms. The molecule has 2 unspecified atom stereocenters. The highest BCUT2D eigenvalue weighted by Crippen LogP contribution is 2.46. The van der Waals surface area contributed by atoms with Crippen molar-refractivity contribution in [1.29, 1.82) is 0 Å². The zero-order valence-corrected chi connectivity index (χ0v) is 15.1. The monoisotopic (exact) mass is 450 g/mol. The van der Waals surface area contributed by atoms with Crippen molar-refractivity contribution < 1.29 is 44.6 Å². The Balaban J connectivity index is 2.13. The van der Waals surface area contributed by atoms with Gasteiger partial charge in [0.15, 0.2) is 0 Å². The molecule has 2 nitrogen and oxygen atoms in total. The fraction of sp³-hybridized carbons (Fsp3) is 0.250. The van der Waals surface area contributed by atoms with Crippen LogP contribution in [-0.4, -0.2) is 25.1 Å². The van der Waals surface area contributed by atoms with Crippen molar-refractivity contribution in [2.45, 2.75) is 34.9 Å². The summed E-state index contributed by atoms with van der Waals surface area (Å²) >= 11 is 0. The zero-order valence-electron chi connectivity index (χ0n) is 13.4. The summed E-state index contributed by atoms with van der Waals surface area (Å²) in [5.74, 6) is -0.830. The van der Waals surface area contributed by atoms with Crippen LogP contribution in [0.2, 0.25) is 0 Å². The summed E-state index contributed by atoms with van der Waals surface area (Å²) in [6, 6.07) is 10.4. The first kappa shape index (κ1) is 22.5. The van der Waals surface area contributed by atoms with Gasteiger partial charge < -0.3 is 9.47 Å². The molecular formula is C16H10F8O2S2. The van der Waals surface area contributed by atoms with Crippen LogP contribution >= 0.6 is 21.6 Å². The van der Waals surface area contributed by atoms with Crippen molar-refractivity contribution in [2.75, 3.05) is 0 Å². The van der Waals surface area contributed by atoms with Gasteiger partial charge in [0.25, 0.3) is 0 Å². The van der Waals surface area contributed by atoms with Crippen molar-refractivity contribution in [3.8, 4) is 11.5 Å². The Morgan fingerprint density at radius 3 is 1.25 bits per heavy atom. The smallest absolute Gasteiger partial charge is 0.451 e. The quantitative estimate of drug-likeness (QED) is 0.335. The molecule has 0 amide bonds. The van der Waals surface area contributed by atoms with Crippen LogP contribution in [0.1, 0.15) is 0 Å². The first-order chi connectivity index (χ1) is 13.0. The van der Waals surface area contributed by atoms with E-state index in [1.807, 2.05) is 0 Å². The average Bonchev–Trinajstić information content (AvgIpc) is 2.60. The van der Waals surface area contributed by atoms with Gasteiger partial charge in [-0.05, 0) is 45.9 Å². The Bertz CT molecular complexity index is 716. The molecule has 0 radical (unpaired) electrons. The molecule has 0 aromatic heterocycles. The van der Waals surface area contributed by atoms with Gasteiger partial charge in [-0.25, -0.2) is 0 Å². The van der Waals surface area contributed by atoms with Gasteiger partial charge >= 0.3 is 25.1 Å². The van der Waals surface area contributed by atoms with E-state index >= 15 is 0 Å². The molecule has 154 valence electrons. The highest BCUT2D eigenvalue weighted by Gasteiger charge is 2.43. The van der Waals surface area contributed by atoms with Crippen molar-refractivity contribution in [2.24, 2.45) is 0 Å². The highest BCUT2D eigenvalue weighted by atomic mass is 33.1. The molecule has 0 saturated heterocycles. The van der Waals surface area contributed by atoms with Crippen LogP contribution in [0.25, 0.3) is 0 Å². The first-order valence-corrected chi connectivity index (χ1v) is 9.41. The van der Waals surface area contributed by atoms with Crippen molar-refractivity contribution in [3.63, 3.8) is 0 Å². The molecular weight excluding hydrogens is 440 g/mol. The van der Waals surface area contributed by atoms with Crippen molar-refractivity contribution >= 4 is 21.6 Å². The van der Waals surface area contributed by atoms with Gasteiger partial charge in [0.05, 0.1) is 9.79 Å². The second-order valence-electron chi connectivity index (χ2n) is 5.01. The van der Waals surface area contributed by atoms with Gasteiger partial charge in [0, 0.05) is 0 Å². The number of ether oxygens (including phenoxy) is 2. The lowest BCUT2D eigenvalue weighted by Gasteiger charge is -2.17. The summed E-state index contributed by atoms with van der Waals surface area (Å²) in [6.45, 7) is 0. The van der Waals surface area contributed by atoms with Crippen LogP contribution in [0.4, 0.5) is 35.1 Å². The topological polar surface area (TPSA) is 18.5 Å². The van der Waals surface area contributed by atoms with Crippen LogP contribution in [0.15, 0.2) is 58.3 Å². The second kappa shape index (κ2) is 9.12. The van der Waals surface area contributed by atoms with Crippen LogP contribution in [0.5, 0.6) is 11.5 Å². The molecule has 0 spiro atoms. The third-order valence-corrected chi connectivity index (χ3v) is 5.34. The van der Waals surface area contributed by atoms with E-state index in [2.05, 4.69) is 9.47 Å². The lowest BCUT2D eigenvalue weighted by molar-refractivity contribution is -0.237. The maximum Gasteiger partial charge on any atom is 0.457 e. The van der Waals surface area contributed by atoms with E-state index < -0.39 is 36.6 Å². The molecule has 0 aliphatic carbocycles. The van der Waals surface area contributed by atoms with Crippen molar-refractivity contribution in [1.82, 2.24) is 0 Å². The molecule has 0 aliphatic heterocycles. The maximum atomic E-state index is 13.1. The molecule has 2 aromatic rings. The standard InChI is InChI=1S/C16H10F8O2S2/c17-13(15(19,20)21)25-9-5-1-3-7-11(9)27-28-12-8-4-2-6-10(12)26-14(18)16(22,23)24/h1-8,13-14H. The summed E-state index contributed by atoms with van der Waals surface area (Å²) in [7, 11) is 1.55. The lowest BCUT2D eigenvalue weighted by atomic mass is 10.3. The number of halogens is 8. The zero-order chi connectivity index (χ0) is 20.9. The summed E-state index contributed by atoms with van der Waals surface area (Å²) in [4.78, 5) is 0.142. The Labute approximate surface area is 161 Å². The molecule has 0 fully saturated rings. The number of alkyl halides is 8. The van der Waals surface area contributed by atoms with E-state index in [1.165, 1.54) is 36.4 Å². The van der Waals surface area contributed by atoms with Crippen molar-refractivity contribution in [3.05, 3.63) is 48.5 Å². The minimum atomic E-state index is -5.22. The fourth-order valence-electron chi connectivity index (χ4n) is 1.68. The van der Waals surface area contributed by atoms with Crippen LogP contribution in [0.3, 0.4) is 0 Å². The number of benzene rings is 2. The number of hydrogen-bond donors (Lipinski definition) is 0. The van der Waals surface area contributed by atoms with Gasteiger partial charge in [0.1, 0.15) is 11.5 Å². The van der Waals surface area contributed by atoms with E-state index in [0.29, 0.717) is 0 Å². The lowest BCUT2D eigenvalue weighted by Crippen LogP contribution is -2.30. The van der Waals surface area contributed by atoms with E-state index in [9.17, 15) is 35.1 Å². The Hall–Kier alpha value is -1.82. The predicted octanol–water partition coefficient (Wildman–Crippen LogP) is 6.96. The highest BCUT2D eigenvalue weighted by molar-refractivity contribution is 8.76. The van der Waals surface area contributed by atoms with E-state index in [1.54, 1.807) is 0 Å². The normalized spacial score (nSPS) is 14.4. The SMILES string of the molecule is FC(Oc1ccccc1SSc1ccccc1OC(F)C(F)(F)F)C(F)(F)F. The minimum absolute atomic E-state index is 0.0711. The molecule has 0 heterocycles. The van der Waals surface area contributed by atoms with E-state index in [0.717, 1.165) is 33.7 Å². The third kappa shape index (κ3) is 6.36. The van der Waals surface area contributed by atoms with Crippen LogP contribution in [-0.2, 0) is 0 Å². The molecule has 2 rings (SSSR count). The Kier molecular flexibility index (Phi) is 7.32. The van der Waals surface area contributed by atoms with Gasteiger partial charge in [-0.1, -0.05) is 24.3 Å². The molecule has 2 aromatic carbocycles. The van der Waals surface area contributed by atoms with Crippen LogP contribution < -0.4 is 9.47 Å². The van der Waals surface area contributed by atoms with Crippen LogP contribution in [0, 0.1) is 0 Å². The molecule has 0 saturated carbocycles. The summed E-state index contributed by atoms with van der Waals surface area (Å²) in [6.07, 6.45) is -17.5. The van der Waals surface area contributed by atoms with Gasteiger partial charge in [-0.2, -0.15) is 35.1 Å². The summed E-state index contributed by atoms with van der Waals surface area (Å²) in [5, 5.41) is 0. The number of hydrogen-bond acceptors (Lipinski definition) is 4. The Morgan fingerprint density at radius 1 is 0.607 bits per heavy atom. The summed E-state index contributed by atoms with van der Waals surface area (Å²) < 4.78 is 109. The van der Waals surface area contributed by atoms with Gasteiger partial charge in [0.2, 0.25) is 0 Å².